The van der Waals surface area contributed by atoms with Crippen molar-refractivity contribution in [3.05, 3.63) is 47.3 Å². The number of likely N-dealkylation sites (N-methyl/N-ethyl adjacent to an activating group) is 3. The van der Waals surface area contributed by atoms with Gasteiger partial charge < -0.3 is 0 Å². The molecule has 2 aliphatic heterocycles. The van der Waals surface area contributed by atoms with Crippen molar-refractivity contribution in [2.24, 2.45) is 4.99 Å². The van der Waals surface area contributed by atoms with Crippen molar-refractivity contribution in [1.82, 2.24) is 19.3 Å². The number of fused-ring (bicyclic) bond motifs is 3. The van der Waals surface area contributed by atoms with Crippen LogP contribution in [0.2, 0.25) is 0 Å². The number of amides is 3. The van der Waals surface area contributed by atoms with Gasteiger partial charge in [-0.25, -0.2) is 13.9 Å². The zero-order valence-electron chi connectivity index (χ0n) is 17.6. The maximum Gasteiger partial charge on any atom is 0.402 e. The highest BCUT2D eigenvalue weighted by molar-refractivity contribution is 6.20. The SMILES string of the molecule is Cc1c(C)[n+](CCN(C)Cc2ccccc2)c2n1C1C(=O)N(C)C(=O)N(C)C1=N2. The summed E-state index contributed by atoms with van der Waals surface area (Å²) in [5, 5.41) is 0. The molecular formula is C21H27N6O2+. The Kier molecular flexibility index (Phi) is 4.74. The van der Waals surface area contributed by atoms with Crippen molar-refractivity contribution in [2.75, 3.05) is 27.7 Å². The van der Waals surface area contributed by atoms with Crippen LogP contribution in [0, 0.1) is 13.8 Å². The number of aliphatic imine (C=N–C) groups is 1. The highest BCUT2D eigenvalue weighted by Crippen LogP contribution is 2.34. The Morgan fingerprint density at radius 3 is 2.48 bits per heavy atom. The molecule has 1 unspecified atom stereocenters. The molecule has 3 amide bonds. The zero-order valence-corrected chi connectivity index (χ0v) is 17.6. The zero-order chi connectivity index (χ0) is 20.9. The monoisotopic (exact) mass is 395 g/mol. The third-order valence-electron chi connectivity index (χ3n) is 5.95. The molecule has 0 N–H and O–H groups in total. The van der Waals surface area contributed by atoms with E-state index in [9.17, 15) is 9.59 Å². The number of hydrogen-bond acceptors (Lipinski definition) is 4. The lowest BCUT2D eigenvalue weighted by molar-refractivity contribution is -0.688. The first-order chi connectivity index (χ1) is 13.8. The minimum Gasteiger partial charge on any atom is -0.299 e. The molecule has 1 saturated heterocycles. The maximum atomic E-state index is 12.8. The van der Waals surface area contributed by atoms with Gasteiger partial charge in [-0.1, -0.05) is 35.3 Å². The topological polar surface area (TPSA) is 65.0 Å². The Bertz CT molecular complexity index is 1010. The molecule has 0 radical (unpaired) electrons. The minimum absolute atomic E-state index is 0.239. The first-order valence-corrected chi connectivity index (χ1v) is 9.78. The van der Waals surface area contributed by atoms with Crippen LogP contribution in [0.5, 0.6) is 0 Å². The van der Waals surface area contributed by atoms with E-state index in [-0.39, 0.29) is 11.9 Å². The molecule has 8 nitrogen and oxygen atoms in total. The van der Waals surface area contributed by atoms with Crippen molar-refractivity contribution in [1.29, 1.82) is 0 Å². The summed E-state index contributed by atoms with van der Waals surface area (Å²) in [5.41, 5.74) is 3.36. The van der Waals surface area contributed by atoms with Gasteiger partial charge in [0.05, 0.1) is 6.54 Å². The van der Waals surface area contributed by atoms with Crippen LogP contribution in [-0.2, 0) is 17.9 Å². The molecule has 0 spiro atoms. The van der Waals surface area contributed by atoms with E-state index in [1.165, 1.54) is 22.4 Å². The van der Waals surface area contributed by atoms with Crippen LogP contribution in [0.4, 0.5) is 10.7 Å². The minimum atomic E-state index is -0.570. The van der Waals surface area contributed by atoms with E-state index in [4.69, 9.17) is 4.99 Å². The summed E-state index contributed by atoms with van der Waals surface area (Å²) in [4.78, 5) is 34.8. The van der Waals surface area contributed by atoms with Gasteiger partial charge in [-0.3, -0.25) is 19.5 Å². The van der Waals surface area contributed by atoms with E-state index in [1.807, 2.05) is 17.6 Å². The second kappa shape index (κ2) is 7.11. The van der Waals surface area contributed by atoms with E-state index in [2.05, 4.69) is 47.7 Å². The molecule has 152 valence electrons. The van der Waals surface area contributed by atoms with E-state index >= 15 is 0 Å². The predicted octanol–water partition coefficient (Wildman–Crippen LogP) is 1.63. The number of benzene rings is 1. The second-order valence-electron chi connectivity index (χ2n) is 7.83. The van der Waals surface area contributed by atoms with Crippen molar-refractivity contribution in [3.8, 4) is 0 Å². The third kappa shape index (κ3) is 3.04. The number of imide groups is 1. The number of amidine groups is 1. The average molecular weight is 395 g/mol. The third-order valence-corrected chi connectivity index (χ3v) is 5.95. The Labute approximate surface area is 170 Å². The highest BCUT2D eigenvalue weighted by atomic mass is 16.2. The number of urea groups is 1. The lowest BCUT2D eigenvalue weighted by Crippen LogP contribution is -2.56. The fourth-order valence-electron chi connectivity index (χ4n) is 4.09. The number of aromatic nitrogens is 2. The summed E-state index contributed by atoms with van der Waals surface area (Å²) < 4.78 is 4.11. The summed E-state index contributed by atoms with van der Waals surface area (Å²) in [6.45, 7) is 6.52. The molecule has 3 heterocycles. The van der Waals surface area contributed by atoms with Gasteiger partial charge in [0.2, 0.25) is 11.9 Å². The number of carbonyl (C=O) groups is 2. The molecule has 4 rings (SSSR count). The summed E-state index contributed by atoms with van der Waals surface area (Å²) in [7, 11) is 5.29. The molecule has 29 heavy (non-hydrogen) atoms. The van der Waals surface area contributed by atoms with Crippen LogP contribution in [0.1, 0.15) is 23.0 Å². The van der Waals surface area contributed by atoms with E-state index in [1.54, 1.807) is 7.05 Å². The van der Waals surface area contributed by atoms with Crippen molar-refractivity contribution in [3.63, 3.8) is 0 Å². The molecule has 2 aliphatic rings. The first kappa shape index (κ1) is 19.3. The van der Waals surface area contributed by atoms with Gasteiger partial charge in [-0.15, -0.1) is 0 Å². The molecule has 1 aromatic carbocycles. The van der Waals surface area contributed by atoms with Crippen molar-refractivity contribution in [2.45, 2.75) is 33.0 Å². The first-order valence-electron chi connectivity index (χ1n) is 9.78. The van der Waals surface area contributed by atoms with E-state index in [0.29, 0.717) is 5.84 Å². The van der Waals surface area contributed by atoms with Crippen LogP contribution >= 0.6 is 0 Å². The molecule has 0 saturated carbocycles. The van der Waals surface area contributed by atoms with Gasteiger partial charge >= 0.3 is 12.0 Å². The summed E-state index contributed by atoms with van der Waals surface area (Å²) >= 11 is 0. The molecule has 8 heteroatoms. The Morgan fingerprint density at radius 1 is 1.10 bits per heavy atom. The summed E-state index contributed by atoms with van der Waals surface area (Å²) in [6, 6.07) is 9.46. The lowest BCUT2D eigenvalue weighted by Gasteiger charge is -2.30. The molecule has 0 bridgehead atoms. The lowest BCUT2D eigenvalue weighted by atomic mass is 10.1. The smallest absolute Gasteiger partial charge is 0.299 e. The molecule has 2 aromatic rings. The van der Waals surface area contributed by atoms with Crippen LogP contribution < -0.4 is 4.57 Å². The van der Waals surface area contributed by atoms with Crippen LogP contribution in [0.3, 0.4) is 0 Å². The van der Waals surface area contributed by atoms with Crippen LogP contribution in [-0.4, -0.2) is 64.7 Å². The predicted molar refractivity (Wildman–Crippen MR) is 109 cm³/mol. The maximum absolute atomic E-state index is 12.8. The second-order valence-corrected chi connectivity index (χ2v) is 7.83. The molecular weight excluding hydrogens is 368 g/mol. The highest BCUT2D eigenvalue weighted by Gasteiger charge is 2.53. The standard InChI is InChI=1S/C21H27N6O2/c1-14-15(2)27-17-18(24(4)21(29)25(5)19(17)28)22-20(27)26(14)12-11-23(3)13-16-9-7-6-8-10-16/h6-10,17H,11-13H2,1-5H3/q+1. The number of carbonyl (C=O) groups excluding carboxylic acids is 2. The summed E-state index contributed by atoms with van der Waals surface area (Å²) in [6.07, 6.45) is 0. The van der Waals surface area contributed by atoms with Gasteiger partial charge in [0, 0.05) is 27.2 Å². The molecule has 1 aromatic heterocycles. The van der Waals surface area contributed by atoms with Crippen LogP contribution in [0.25, 0.3) is 0 Å². The van der Waals surface area contributed by atoms with Gasteiger partial charge in [0.15, 0.2) is 0 Å². The molecule has 1 fully saturated rings. The quantitative estimate of drug-likeness (QED) is 0.723. The normalized spacial score (nSPS) is 18.4. The van der Waals surface area contributed by atoms with Gasteiger partial charge in [0.25, 0.3) is 5.91 Å². The van der Waals surface area contributed by atoms with Gasteiger partial charge in [-0.05, 0) is 26.5 Å². The summed E-state index contributed by atoms with van der Waals surface area (Å²) in [5.74, 6) is 0.996. The fraction of sp³-hybridized carbons (Fsp3) is 0.429. The number of nitrogens with zero attached hydrogens (tertiary/aromatic N) is 6. The average Bonchev–Trinajstić information content (AvgIpc) is 3.20. The van der Waals surface area contributed by atoms with Crippen molar-refractivity contribution < 1.29 is 14.2 Å². The van der Waals surface area contributed by atoms with Crippen molar-refractivity contribution >= 4 is 23.7 Å². The Morgan fingerprint density at radius 2 is 1.79 bits per heavy atom. The fourth-order valence-corrected chi connectivity index (χ4v) is 4.09. The van der Waals surface area contributed by atoms with E-state index < -0.39 is 6.04 Å². The molecule has 0 aliphatic carbocycles. The van der Waals surface area contributed by atoms with E-state index in [0.717, 1.165) is 37.0 Å². The van der Waals surface area contributed by atoms with Gasteiger partial charge in [0.1, 0.15) is 11.4 Å². The molecule has 1 atom stereocenters. The van der Waals surface area contributed by atoms with Crippen LogP contribution in [0.15, 0.2) is 35.3 Å². The largest absolute Gasteiger partial charge is 0.402 e. The van der Waals surface area contributed by atoms with Gasteiger partial charge in [-0.2, -0.15) is 0 Å². The Balaban J connectivity index is 1.60. The number of hydrogen-bond donors (Lipinski definition) is 0. The number of imidazole rings is 1. The Hall–Kier alpha value is -3.00. The number of rotatable bonds is 5.